The van der Waals surface area contributed by atoms with Crippen molar-refractivity contribution in [3.05, 3.63) is 59.7 Å². The zero-order chi connectivity index (χ0) is 20.1. The lowest BCUT2D eigenvalue weighted by Gasteiger charge is -2.22. The van der Waals surface area contributed by atoms with Gasteiger partial charge in [0.2, 0.25) is 5.91 Å². The Hall–Kier alpha value is -2.02. The maximum atomic E-state index is 13.1. The van der Waals surface area contributed by atoms with Crippen molar-refractivity contribution in [1.82, 2.24) is 4.90 Å². The molecule has 1 aliphatic rings. The molecule has 2 aromatic carbocycles. The number of halogens is 1. The summed E-state index contributed by atoms with van der Waals surface area (Å²) in [5.74, 6) is 0.539. The molecule has 5 nitrogen and oxygen atoms in total. The number of amides is 2. The number of nitrogens with one attached hydrogen (secondary N) is 1. The average Bonchev–Trinajstić information content (AvgIpc) is 3.08. The molecule has 0 aliphatic carbocycles. The molecule has 3 rings (SSSR count). The van der Waals surface area contributed by atoms with E-state index in [1.807, 2.05) is 60.4 Å². The van der Waals surface area contributed by atoms with E-state index in [0.29, 0.717) is 24.6 Å². The minimum Gasteiger partial charge on any atom is -0.336 e. The molecule has 156 valence electrons. The maximum absolute atomic E-state index is 13.1. The van der Waals surface area contributed by atoms with Crippen molar-refractivity contribution in [3.8, 4) is 0 Å². The number of nitrogens with two attached hydrogens (primary N) is 1. The predicted molar refractivity (Wildman–Crippen MR) is 122 cm³/mol. The molecule has 0 spiro atoms. The van der Waals surface area contributed by atoms with E-state index >= 15 is 0 Å². The van der Waals surface area contributed by atoms with E-state index in [9.17, 15) is 9.59 Å². The molecular weight excluding hydrogens is 406 g/mol. The number of rotatable bonds is 6. The summed E-state index contributed by atoms with van der Waals surface area (Å²) in [6.45, 7) is 5.37. The van der Waals surface area contributed by atoms with Gasteiger partial charge in [0.05, 0.1) is 11.3 Å². The third kappa shape index (κ3) is 5.98. The van der Waals surface area contributed by atoms with Gasteiger partial charge in [-0.05, 0) is 57.0 Å². The van der Waals surface area contributed by atoms with E-state index in [4.69, 9.17) is 5.73 Å². The Bertz CT molecular complexity index is 844. The minimum absolute atomic E-state index is 0. The molecule has 2 atom stereocenters. The fraction of sp³-hybridized carbons (Fsp3) is 0.364. The lowest BCUT2D eigenvalue weighted by atomic mass is 10.1. The number of hydrogen-bond donors (Lipinski definition) is 2. The van der Waals surface area contributed by atoms with Gasteiger partial charge in [-0.1, -0.05) is 29.8 Å². The summed E-state index contributed by atoms with van der Waals surface area (Å²) in [4.78, 5) is 28.1. The highest BCUT2D eigenvalue weighted by Crippen LogP contribution is 2.29. The molecule has 2 aromatic rings. The van der Waals surface area contributed by atoms with Crippen LogP contribution in [-0.4, -0.2) is 41.6 Å². The van der Waals surface area contributed by atoms with Gasteiger partial charge in [0.25, 0.3) is 5.91 Å². The molecule has 1 heterocycles. The quantitative estimate of drug-likeness (QED) is 0.676. The van der Waals surface area contributed by atoms with E-state index in [0.717, 1.165) is 22.6 Å². The Morgan fingerprint density at radius 2 is 1.86 bits per heavy atom. The molecule has 0 radical (unpaired) electrons. The highest BCUT2D eigenvalue weighted by Gasteiger charge is 2.32. The largest absolute Gasteiger partial charge is 0.336 e. The van der Waals surface area contributed by atoms with E-state index in [-0.39, 0.29) is 36.0 Å². The molecule has 2 amide bonds. The van der Waals surface area contributed by atoms with Gasteiger partial charge in [0, 0.05) is 23.2 Å². The lowest BCUT2D eigenvalue weighted by Crippen LogP contribution is -2.34. The Morgan fingerprint density at radius 1 is 1.17 bits per heavy atom. The first-order chi connectivity index (χ1) is 13.5. The SMILES string of the molecule is Cc1ccc(NC(=O)CSc2ccccc2C(=O)N2CC(CN)CC2C)cc1.Cl. The molecule has 1 saturated heterocycles. The highest BCUT2D eigenvalue weighted by molar-refractivity contribution is 8.00. The van der Waals surface area contributed by atoms with Crippen molar-refractivity contribution in [2.24, 2.45) is 11.7 Å². The van der Waals surface area contributed by atoms with Crippen LogP contribution in [0, 0.1) is 12.8 Å². The molecule has 2 unspecified atom stereocenters. The standard InChI is InChI=1S/C22H27N3O2S.ClH/c1-15-7-9-18(10-8-15)24-21(26)14-28-20-6-4-3-5-19(20)22(27)25-13-17(12-23)11-16(25)2;/h3-10,16-17H,11-14,23H2,1-2H3,(H,24,26);1H. The summed E-state index contributed by atoms with van der Waals surface area (Å²) in [5, 5.41) is 2.89. The first kappa shape index (κ1) is 23.3. The number of thioether (sulfide) groups is 1. The van der Waals surface area contributed by atoms with Crippen molar-refractivity contribution in [2.75, 3.05) is 24.2 Å². The summed E-state index contributed by atoms with van der Waals surface area (Å²) in [7, 11) is 0. The van der Waals surface area contributed by atoms with Crippen molar-refractivity contribution < 1.29 is 9.59 Å². The van der Waals surface area contributed by atoms with Crippen molar-refractivity contribution in [2.45, 2.75) is 31.2 Å². The smallest absolute Gasteiger partial charge is 0.255 e. The minimum atomic E-state index is -0.0890. The molecule has 0 saturated carbocycles. The van der Waals surface area contributed by atoms with Crippen molar-refractivity contribution >= 4 is 41.7 Å². The molecule has 7 heteroatoms. The normalized spacial score (nSPS) is 18.2. The second kappa shape index (κ2) is 10.7. The summed E-state index contributed by atoms with van der Waals surface area (Å²) >= 11 is 1.39. The fourth-order valence-corrected chi connectivity index (χ4v) is 4.34. The lowest BCUT2D eigenvalue weighted by molar-refractivity contribution is -0.113. The predicted octanol–water partition coefficient (Wildman–Crippen LogP) is 3.96. The Kier molecular flexibility index (Phi) is 8.56. The Labute approximate surface area is 182 Å². The van der Waals surface area contributed by atoms with E-state index in [1.54, 1.807) is 0 Å². The van der Waals surface area contributed by atoms with Crippen LogP contribution in [0.2, 0.25) is 0 Å². The summed E-state index contributed by atoms with van der Waals surface area (Å²) < 4.78 is 0. The second-order valence-electron chi connectivity index (χ2n) is 7.34. The van der Waals surface area contributed by atoms with Crippen LogP contribution < -0.4 is 11.1 Å². The number of anilines is 1. The molecule has 1 aliphatic heterocycles. The zero-order valence-corrected chi connectivity index (χ0v) is 18.4. The first-order valence-corrected chi connectivity index (χ1v) is 10.6. The van der Waals surface area contributed by atoms with Gasteiger partial charge in [-0.15, -0.1) is 24.2 Å². The summed E-state index contributed by atoms with van der Waals surface area (Å²) in [5.41, 5.74) is 8.37. The first-order valence-electron chi connectivity index (χ1n) is 9.57. The van der Waals surface area contributed by atoms with Crippen LogP contribution in [0.4, 0.5) is 5.69 Å². The van der Waals surface area contributed by atoms with Gasteiger partial charge in [0.15, 0.2) is 0 Å². The molecule has 29 heavy (non-hydrogen) atoms. The number of carbonyl (C=O) groups is 2. The molecule has 3 N–H and O–H groups in total. The topological polar surface area (TPSA) is 75.4 Å². The van der Waals surface area contributed by atoms with Gasteiger partial charge in [-0.25, -0.2) is 0 Å². The van der Waals surface area contributed by atoms with Crippen LogP contribution >= 0.6 is 24.2 Å². The van der Waals surface area contributed by atoms with E-state index < -0.39 is 0 Å². The summed E-state index contributed by atoms with van der Waals surface area (Å²) in [6, 6.07) is 15.4. The van der Waals surface area contributed by atoms with Crippen LogP contribution in [-0.2, 0) is 4.79 Å². The second-order valence-corrected chi connectivity index (χ2v) is 8.36. The number of carbonyl (C=O) groups excluding carboxylic acids is 2. The van der Waals surface area contributed by atoms with E-state index in [1.165, 1.54) is 11.8 Å². The van der Waals surface area contributed by atoms with Crippen molar-refractivity contribution in [3.63, 3.8) is 0 Å². The third-order valence-corrected chi connectivity index (χ3v) is 6.14. The van der Waals surface area contributed by atoms with Crippen molar-refractivity contribution in [1.29, 1.82) is 0 Å². The van der Waals surface area contributed by atoms with Gasteiger partial charge in [-0.3, -0.25) is 9.59 Å². The fourth-order valence-electron chi connectivity index (χ4n) is 3.50. The summed E-state index contributed by atoms with van der Waals surface area (Å²) in [6.07, 6.45) is 0.941. The number of hydrogen-bond acceptors (Lipinski definition) is 4. The van der Waals surface area contributed by atoms with Gasteiger partial charge < -0.3 is 16.0 Å². The number of likely N-dealkylation sites (tertiary alicyclic amines) is 1. The van der Waals surface area contributed by atoms with Crippen LogP contribution in [0.15, 0.2) is 53.4 Å². The van der Waals surface area contributed by atoms with Crippen LogP contribution in [0.3, 0.4) is 0 Å². The van der Waals surface area contributed by atoms with Crippen LogP contribution in [0.1, 0.15) is 29.3 Å². The molecule has 0 bridgehead atoms. The maximum Gasteiger partial charge on any atom is 0.255 e. The molecule has 0 aromatic heterocycles. The average molecular weight is 434 g/mol. The zero-order valence-electron chi connectivity index (χ0n) is 16.8. The van der Waals surface area contributed by atoms with Crippen LogP contribution in [0.25, 0.3) is 0 Å². The van der Waals surface area contributed by atoms with Crippen LogP contribution in [0.5, 0.6) is 0 Å². The Balaban J connectivity index is 0.00000300. The number of benzene rings is 2. The third-order valence-electron chi connectivity index (χ3n) is 5.07. The number of nitrogens with zero attached hydrogens (tertiary/aromatic N) is 1. The highest BCUT2D eigenvalue weighted by atomic mass is 35.5. The van der Waals surface area contributed by atoms with Gasteiger partial charge >= 0.3 is 0 Å². The number of aryl methyl sites for hydroxylation is 1. The molecule has 1 fully saturated rings. The van der Waals surface area contributed by atoms with Gasteiger partial charge in [0.1, 0.15) is 0 Å². The Morgan fingerprint density at radius 3 is 2.52 bits per heavy atom. The van der Waals surface area contributed by atoms with Gasteiger partial charge in [-0.2, -0.15) is 0 Å². The van der Waals surface area contributed by atoms with E-state index in [2.05, 4.69) is 12.2 Å². The molecular formula is C22H28ClN3O2S. The monoisotopic (exact) mass is 433 g/mol.